The van der Waals surface area contributed by atoms with Gasteiger partial charge in [-0.1, -0.05) is 23.1 Å². The van der Waals surface area contributed by atoms with E-state index in [2.05, 4.69) is 17.1 Å². The zero-order chi connectivity index (χ0) is 14.6. The van der Waals surface area contributed by atoms with Gasteiger partial charge in [0.1, 0.15) is 5.01 Å². The van der Waals surface area contributed by atoms with Crippen LogP contribution < -0.4 is 0 Å². The smallest absolute Gasteiger partial charge is 0.174 e. The first-order valence-corrected chi connectivity index (χ1v) is 9.75. The van der Waals surface area contributed by atoms with Crippen LogP contribution in [0.5, 0.6) is 0 Å². The molecule has 5 rings (SSSR count). The lowest BCUT2D eigenvalue weighted by molar-refractivity contribution is -0.142. The molecular weight excluding hydrogens is 300 g/mol. The van der Waals surface area contributed by atoms with Gasteiger partial charge in [-0.2, -0.15) is 0 Å². The number of rotatable bonds is 4. The highest BCUT2D eigenvalue weighted by molar-refractivity contribution is 8.02. The minimum atomic E-state index is 0.0148. The molecule has 0 radical (unpaired) electrons. The van der Waals surface area contributed by atoms with Crippen LogP contribution in [0, 0.1) is 30.1 Å². The number of carbonyl (C=O) groups excluding carboxylic acids is 1. The summed E-state index contributed by atoms with van der Waals surface area (Å²) in [7, 11) is 0. The van der Waals surface area contributed by atoms with Crippen molar-refractivity contribution in [3.63, 3.8) is 0 Å². The molecule has 1 aromatic heterocycles. The largest absolute Gasteiger partial charge is 0.298 e. The number of nitrogens with zero attached hydrogens (tertiary/aromatic N) is 2. The topological polar surface area (TPSA) is 42.9 Å². The van der Waals surface area contributed by atoms with Crippen molar-refractivity contribution < 1.29 is 4.79 Å². The van der Waals surface area contributed by atoms with Gasteiger partial charge in [0, 0.05) is 5.41 Å². The van der Waals surface area contributed by atoms with Gasteiger partial charge in [0.15, 0.2) is 10.1 Å². The number of Topliss-reactive ketones (excluding diaryl/α,β-unsaturated/α-hetero) is 1. The molecule has 5 heteroatoms. The first-order valence-electron chi connectivity index (χ1n) is 8.05. The van der Waals surface area contributed by atoms with E-state index in [0.717, 1.165) is 27.1 Å². The summed E-state index contributed by atoms with van der Waals surface area (Å²) in [6.07, 6.45) is 7.67. The summed E-state index contributed by atoms with van der Waals surface area (Å²) in [6.45, 7) is 4.04. The number of carbonyl (C=O) groups is 1. The molecule has 4 aliphatic carbocycles. The van der Waals surface area contributed by atoms with Crippen LogP contribution in [0.3, 0.4) is 0 Å². The molecule has 1 heterocycles. The number of ketones is 1. The van der Waals surface area contributed by atoms with Crippen LogP contribution in [0.4, 0.5) is 0 Å². The third-order valence-electron chi connectivity index (χ3n) is 5.72. The summed E-state index contributed by atoms with van der Waals surface area (Å²) < 4.78 is 0.943. The molecule has 1 atom stereocenters. The first-order chi connectivity index (χ1) is 10.0. The number of hydrogen-bond donors (Lipinski definition) is 0. The lowest BCUT2D eigenvalue weighted by atomic mass is 9.48. The summed E-state index contributed by atoms with van der Waals surface area (Å²) in [5.41, 5.74) is 0.0148. The van der Waals surface area contributed by atoms with E-state index in [0.29, 0.717) is 5.78 Å². The summed E-state index contributed by atoms with van der Waals surface area (Å²) in [5.74, 6) is 3.00. The van der Waals surface area contributed by atoms with Crippen LogP contribution in [-0.2, 0) is 4.79 Å². The molecule has 0 aromatic carbocycles. The van der Waals surface area contributed by atoms with E-state index >= 15 is 0 Å². The van der Waals surface area contributed by atoms with E-state index in [-0.39, 0.29) is 10.7 Å². The fourth-order valence-electron chi connectivity index (χ4n) is 5.37. The molecule has 4 bridgehead atoms. The Labute approximate surface area is 134 Å². The number of hydrogen-bond acceptors (Lipinski definition) is 5. The molecule has 114 valence electrons. The molecule has 0 aliphatic heterocycles. The molecule has 1 aromatic rings. The quantitative estimate of drug-likeness (QED) is 0.782. The van der Waals surface area contributed by atoms with Gasteiger partial charge in [-0.05, 0) is 70.1 Å². The minimum absolute atomic E-state index is 0.0148. The standard InChI is InChI=1S/C16H22N2OS2/c1-9(20-15-18-17-10(2)21-15)14(19)16-6-11-3-12(7-16)5-13(4-11)8-16/h9,11-13H,3-8H2,1-2H3/t9-,11?,12?,13?,16?/m0/s1. The van der Waals surface area contributed by atoms with Crippen molar-refractivity contribution in [3.05, 3.63) is 5.01 Å². The maximum atomic E-state index is 13.1. The SMILES string of the molecule is Cc1nnc(S[C@@H](C)C(=O)C23CC4CC(CC(C4)C2)C3)s1. The Kier molecular flexibility index (Phi) is 3.41. The number of aryl methyl sites for hydroxylation is 1. The Hall–Kier alpha value is -0.420. The number of aromatic nitrogens is 2. The normalized spacial score (nSPS) is 38.7. The molecule has 0 amide bonds. The summed E-state index contributed by atoms with van der Waals surface area (Å²) >= 11 is 3.22. The van der Waals surface area contributed by atoms with Crippen molar-refractivity contribution in [2.24, 2.45) is 23.2 Å². The average Bonchev–Trinajstić information content (AvgIpc) is 2.81. The van der Waals surface area contributed by atoms with Crippen molar-refractivity contribution in [2.75, 3.05) is 0 Å². The molecule has 0 spiro atoms. The van der Waals surface area contributed by atoms with Crippen molar-refractivity contribution >= 4 is 28.9 Å². The molecule has 21 heavy (non-hydrogen) atoms. The lowest BCUT2D eigenvalue weighted by Crippen LogP contribution is -2.51. The Balaban J connectivity index is 1.51. The maximum absolute atomic E-state index is 13.1. The van der Waals surface area contributed by atoms with E-state index < -0.39 is 0 Å². The average molecular weight is 322 g/mol. The first kappa shape index (κ1) is 14.2. The Morgan fingerprint density at radius 3 is 2.24 bits per heavy atom. The van der Waals surface area contributed by atoms with Gasteiger partial charge in [-0.15, -0.1) is 10.2 Å². The third-order valence-corrected chi connectivity index (χ3v) is 7.74. The molecule has 3 nitrogen and oxygen atoms in total. The molecule has 0 N–H and O–H groups in total. The monoisotopic (exact) mass is 322 g/mol. The van der Waals surface area contributed by atoms with Gasteiger partial charge in [-0.3, -0.25) is 4.79 Å². The molecule has 4 fully saturated rings. The van der Waals surface area contributed by atoms with Crippen molar-refractivity contribution in [3.8, 4) is 0 Å². The van der Waals surface area contributed by atoms with E-state index in [1.54, 1.807) is 23.1 Å². The van der Waals surface area contributed by atoms with Gasteiger partial charge >= 0.3 is 0 Å². The highest BCUT2D eigenvalue weighted by atomic mass is 32.2. The van der Waals surface area contributed by atoms with Crippen molar-refractivity contribution in [1.29, 1.82) is 0 Å². The van der Waals surface area contributed by atoms with Crippen LogP contribution >= 0.6 is 23.1 Å². The predicted octanol–water partition coefficient (Wildman–Crippen LogP) is 4.11. The van der Waals surface area contributed by atoms with Gasteiger partial charge < -0.3 is 0 Å². The van der Waals surface area contributed by atoms with Gasteiger partial charge in [0.25, 0.3) is 0 Å². The second kappa shape index (κ2) is 5.05. The fraction of sp³-hybridized carbons (Fsp3) is 0.812. The van der Waals surface area contributed by atoms with Crippen LogP contribution in [0.2, 0.25) is 0 Å². The second-order valence-electron chi connectivity index (χ2n) is 7.41. The molecular formula is C16H22N2OS2. The van der Waals surface area contributed by atoms with E-state index in [1.807, 2.05) is 6.92 Å². The summed E-state index contributed by atoms with van der Waals surface area (Å²) in [4.78, 5) is 13.1. The third kappa shape index (κ3) is 2.46. The Bertz CT molecular complexity index is 533. The Morgan fingerprint density at radius 1 is 1.19 bits per heavy atom. The number of thioether (sulfide) groups is 1. The van der Waals surface area contributed by atoms with Gasteiger partial charge in [-0.25, -0.2) is 0 Å². The zero-order valence-corrected chi connectivity index (χ0v) is 14.3. The van der Waals surface area contributed by atoms with Gasteiger partial charge in [0.2, 0.25) is 0 Å². The molecule has 4 saturated carbocycles. The van der Waals surface area contributed by atoms with E-state index in [4.69, 9.17) is 0 Å². The van der Waals surface area contributed by atoms with E-state index in [1.165, 1.54) is 38.5 Å². The second-order valence-corrected chi connectivity index (χ2v) is 10.2. The molecule has 4 aliphatic rings. The molecule has 0 unspecified atom stereocenters. The maximum Gasteiger partial charge on any atom is 0.174 e. The van der Waals surface area contributed by atoms with Crippen LogP contribution in [-0.4, -0.2) is 21.2 Å². The minimum Gasteiger partial charge on any atom is -0.298 e. The van der Waals surface area contributed by atoms with Crippen LogP contribution in [0.25, 0.3) is 0 Å². The van der Waals surface area contributed by atoms with Crippen molar-refractivity contribution in [1.82, 2.24) is 10.2 Å². The highest BCUT2D eigenvalue weighted by Gasteiger charge is 2.55. The van der Waals surface area contributed by atoms with E-state index in [9.17, 15) is 4.79 Å². The van der Waals surface area contributed by atoms with Crippen LogP contribution in [0.1, 0.15) is 50.5 Å². The van der Waals surface area contributed by atoms with Crippen LogP contribution in [0.15, 0.2) is 4.34 Å². The Morgan fingerprint density at radius 2 is 1.76 bits per heavy atom. The zero-order valence-electron chi connectivity index (χ0n) is 12.7. The summed E-state index contributed by atoms with van der Waals surface area (Å²) in [6, 6.07) is 0. The fourth-order valence-corrected chi connectivity index (χ4v) is 7.53. The lowest BCUT2D eigenvalue weighted by Gasteiger charge is -2.56. The highest BCUT2D eigenvalue weighted by Crippen LogP contribution is 2.61. The predicted molar refractivity (Wildman–Crippen MR) is 85.6 cm³/mol. The summed E-state index contributed by atoms with van der Waals surface area (Å²) in [5, 5.41) is 9.22. The molecule has 0 saturated heterocycles. The van der Waals surface area contributed by atoms with Gasteiger partial charge in [0.05, 0.1) is 5.25 Å². The van der Waals surface area contributed by atoms with Crippen molar-refractivity contribution in [2.45, 2.75) is 62.0 Å².